The summed E-state index contributed by atoms with van der Waals surface area (Å²) in [6.45, 7) is -3.17. The molecule has 2 aromatic rings. The summed E-state index contributed by atoms with van der Waals surface area (Å²) in [5, 5.41) is 3.88. The van der Waals surface area contributed by atoms with Crippen LogP contribution in [0.15, 0.2) is 24.5 Å². The van der Waals surface area contributed by atoms with E-state index in [1.807, 2.05) is 6.92 Å². The van der Waals surface area contributed by atoms with Crippen molar-refractivity contribution in [2.75, 3.05) is 0 Å². The van der Waals surface area contributed by atoms with Crippen LogP contribution in [0.1, 0.15) is 12.7 Å². The molecule has 0 saturated heterocycles. The molecule has 1 aromatic heterocycles. The van der Waals surface area contributed by atoms with E-state index in [9.17, 15) is 17.3 Å². The van der Waals surface area contributed by atoms with Gasteiger partial charge in [0.2, 0.25) is 0 Å². The molecule has 0 saturated carbocycles. The zero-order chi connectivity index (χ0) is 14.8. The fraction of sp³-hybridized carbons (Fsp3) is 0.273. The fourth-order valence-electron chi connectivity index (χ4n) is 1.71. The molecule has 0 unspecified atom stereocenters. The number of aromatic nitrogens is 3. The Morgan fingerprint density at radius 3 is 2.70 bits per heavy atom. The maximum Gasteiger partial charge on any atom is 0.513 e. The van der Waals surface area contributed by atoms with Gasteiger partial charge in [-0.2, -0.15) is 5.10 Å². The Labute approximate surface area is 112 Å². The Balaban J connectivity index is 2.22. The lowest BCUT2D eigenvalue weighted by atomic mass is 9.79. The Bertz CT molecular complexity index is 600. The molecule has 0 N–H and O–H groups in total. The maximum atomic E-state index is 12.9. The van der Waals surface area contributed by atoms with Crippen LogP contribution in [0.4, 0.5) is 17.3 Å². The summed E-state index contributed by atoms with van der Waals surface area (Å²) in [6, 6.07) is 2.32. The first-order valence-corrected chi connectivity index (χ1v) is 5.90. The minimum atomic E-state index is -5.35. The standard InChI is InChI=1S/C11H11BF4N3O/c1-2-19-11(17-7-18-19)6-20-10-4-3-8(13)5-9(10)12(14,15)16/h3-5,7H,2,6H2,1H3/q-1. The van der Waals surface area contributed by atoms with Crippen molar-refractivity contribution in [2.24, 2.45) is 0 Å². The maximum absolute atomic E-state index is 12.9. The van der Waals surface area contributed by atoms with Gasteiger partial charge in [-0.15, -0.1) is 0 Å². The van der Waals surface area contributed by atoms with Crippen molar-refractivity contribution in [1.82, 2.24) is 14.8 Å². The largest absolute Gasteiger partial charge is 0.513 e. The van der Waals surface area contributed by atoms with Gasteiger partial charge in [-0.3, -0.25) is 0 Å². The monoisotopic (exact) mass is 288 g/mol. The molecule has 2 rings (SSSR count). The van der Waals surface area contributed by atoms with Crippen LogP contribution in [0.5, 0.6) is 5.75 Å². The molecule has 0 amide bonds. The van der Waals surface area contributed by atoms with E-state index in [4.69, 9.17) is 4.74 Å². The van der Waals surface area contributed by atoms with E-state index in [1.54, 1.807) is 0 Å². The second-order valence-corrected chi connectivity index (χ2v) is 4.04. The minimum Gasteiger partial charge on any atom is -0.489 e. The van der Waals surface area contributed by atoms with Gasteiger partial charge in [-0.25, -0.2) is 14.1 Å². The molecule has 108 valence electrons. The first-order chi connectivity index (χ1) is 9.41. The van der Waals surface area contributed by atoms with Gasteiger partial charge in [-0.05, 0) is 25.1 Å². The molecular formula is C11H11BF4N3O-. The van der Waals surface area contributed by atoms with E-state index < -0.39 is 24.0 Å². The topological polar surface area (TPSA) is 39.9 Å². The first kappa shape index (κ1) is 14.4. The van der Waals surface area contributed by atoms with Gasteiger partial charge in [0.15, 0.2) is 5.82 Å². The SMILES string of the molecule is CCn1ncnc1COc1ccc(F)cc1[B-](F)(F)F. The molecule has 9 heteroatoms. The highest BCUT2D eigenvalue weighted by atomic mass is 19.4. The van der Waals surface area contributed by atoms with E-state index >= 15 is 0 Å². The van der Waals surface area contributed by atoms with E-state index in [0.717, 1.165) is 12.1 Å². The zero-order valence-corrected chi connectivity index (χ0v) is 10.6. The average Bonchev–Trinajstić information content (AvgIpc) is 2.83. The van der Waals surface area contributed by atoms with Crippen molar-refractivity contribution in [2.45, 2.75) is 20.1 Å². The highest BCUT2D eigenvalue weighted by molar-refractivity contribution is 6.74. The van der Waals surface area contributed by atoms with Crippen molar-refractivity contribution in [3.63, 3.8) is 0 Å². The molecule has 0 aliphatic carbocycles. The van der Waals surface area contributed by atoms with Gasteiger partial charge < -0.3 is 17.7 Å². The third kappa shape index (κ3) is 3.09. The summed E-state index contributed by atoms with van der Waals surface area (Å²) in [4.78, 5) is 3.89. The quantitative estimate of drug-likeness (QED) is 0.624. The number of rotatable bonds is 5. The summed E-state index contributed by atoms with van der Waals surface area (Å²) >= 11 is 0. The number of halogens is 4. The van der Waals surface area contributed by atoms with Gasteiger partial charge >= 0.3 is 6.98 Å². The lowest BCUT2D eigenvalue weighted by Gasteiger charge is -2.19. The number of nitrogens with zero attached hydrogens (tertiary/aromatic N) is 3. The van der Waals surface area contributed by atoms with Crippen LogP contribution in [0, 0.1) is 5.82 Å². The molecule has 4 nitrogen and oxygen atoms in total. The summed E-state index contributed by atoms with van der Waals surface area (Å²) in [5.74, 6) is -0.967. The fourth-order valence-corrected chi connectivity index (χ4v) is 1.71. The summed E-state index contributed by atoms with van der Waals surface area (Å²) in [5.41, 5.74) is -1.09. The molecule has 20 heavy (non-hydrogen) atoms. The molecule has 0 aliphatic rings. The molecule has 0 aliphatic heterocycles. The van der Waals surface area contributed by atoms with Crippen molar-refractivity contribution in [3.8, 4) is 5.75 Å². The molecule has 0 spiro atoms. The van der Waals surface area contributed by atoms with Gasteiger partial charge in [0, 0.05) is 6.54 Å². The number of hydrogen-bond donors (Lipinski definition) is 0. The van der Waals surface area contributed by atoms with E-state index in [2.05, 4.69) is 10.1 Å². The normalized spacial score (nSPS) is 11.7. The van der Waals surface area contributed by atoms with Gasteiger partial charge in [0.05, 0.1) is 5.75 Å². The third-order valence-electron chi connectivity index (χ3n) is 2.68. The van der Waals surface area contributed by atoms with Gasteiger partial charge in [0.1, 0.15) is 18.8 Å². The molecule has 1 aromatic carbocycles. The number of hydrogen-bond acceptors (Lipinski definition) is 3. The molecule has 0 bridgehead atoms. The molecule has 0 atom stereocenters. The Morgan fingerprint density at radius 2 is 2.05 bits per heavy atom. The Hall–Kier alpha value is -2.06. The highest BCUT2D eigenvalue weighted by Gasteiger charge is 2.30. The molecule has 0 fully saturated rings. The average molecular weight is 288 g/mol. The second-order valence-electron chi connectivity index (χ2n) is 4.04. The van der Waals surface area contributed by atoms with Crippen LogP contribution in [-0.4, -0.2) is 21.7 Å². The van der Waals surface area contributed by atoms with Crippen molar-refractivity contribution < 1.29 is 22.1 Å². The predicted molar refractivity (Wildman–Crippen MR) is 65.1 cm³/mol. The van der Waals surface area contributed by atoms with Crippen molar-refractivity contribution in [3.05, 3.63) is 36.2 Å². The predicted octanol–water partition coefficient (Wildman–Crippen LogP) is 2.07. The smallest absolute Gasteiger partial charge is 0.489 e. The summed E-state index contributed by atoms with van der Waals surface area (Å²) in [6.07, 6.45) is 1.29. The lowest BCUT2D eigenvalue weighted by Crippen LogP contribution is -2.35. The van der Waals surface area contributed by atoms with E-state index in [1.165, 1.54) is 11.0 Å². The highest BCUT2D eigenvalue weighted by Crippen LogP contribution is 2.19. The van der Waals surface area contributed by atoms with Crippen LogP contribution in [-0.2, 0) is 13.2 Å². The molecule has 1 heterocycles. The summed E-state index contributed by atoms with van der Waals surface area (Å²) in [7, 11) is 0. The number of benzene rings is 1. The first-order valence-electron chi connectivity index (χ1n) is 5.90. The van der Waals surface area contributed by atoms with Crippen molar-refractivity contribution in [1.29, 1.82) is 0 Å². The van der Waals surface area contributed by atoms with E-state index in [0.29, 0.717) is 18.4 Å². The van der Waals surface area contributed by atoms with Crippen LogP contribution in [0.25, 0.3) is 0 Å². The van der Waals surface area contributed by atoms with Crippen LogP contribution >= 0.6 is 0 Å². The molecular weight excluding hydrogens is 277 g/mol. The van der Waals surface area contributed by atoms with Crippen LogP contribution in [0.3, 0.4) is 0 Å². The third-order valence-corrected chi connectivity index (χ3v) is 2.68. The van der Waals surface area contributed by atoms with Crippen LogP contribution < -0.4 is 10.2 Å². The number of ether oxygens (including phenoxy) is 1. The zero-order valence-electron chi connectivity index (χ0n) is 10.6. The summed E-state index contributed by atoms with van der Waals surface area (Å²) < 4.78 is 58.0. The minimum absolute atomic E-state index is 0.168. The second kappa shape index (κ2) is 5.52. The van der Waals surface area contributed by atoms with Crippen molar-refractivity contribution >= 4 is 12.4 Å². The van der Waals surface area contributed by atoms with E-state index in [-0.39, 0.29) is 6.61 Å². The van der Waals surface area contributed by atoms with Gasteiger partial charge in [-0.1, -0.05) is 5.46 Å². The van der Waals surface area contributed by atoms with Crippen LogP contribution in [0.2, 0.25) is 0 Å². The Morgan fingerprint density at radius 1 is 1.30 bits per heavy atom. The number of aryl methyl sites for hydroxylation is 1. The molecule has 0 radical (unpaired) electrons. The van der Waals surface area contributed by atoms with Gasteiger partial charge in [0.25, 0.3) is 0 Å². The Kier molecular flexibility index (Phi) is 3.96. The lowest BCUT2D eigenvalue weighted by molar-refractivity contribution is 0.287.